The normalized spacial score (nSPS) is 11.5. The van der Waals surface area contributed by atoms with E-state index in [1.807, 2.05) is 24.3 Å². The zero-order valence-electron chi connectivity index (χ0n) is 15.9. The SMILES string of the molecule is CS(C)=NCc1cccc(-c2cc(-c3cnc(/C=C\C(=N)C(F)F)[nH]3)ncn2)c1. The lowest BCUT2D eigenvalue weighted by Crippen LogP contribution is -2.03. The Labute approximate surface area is 169 Å². The standard InChI is InChI=1S/C20H20F2N6S/c1-29(2)27-10-13-4-3-5-14(8-13)16-9-17(26-12-25-16)18-11-24-19(28-18)7-6-15(23)20(21)22/h3-9,11-12,20,23H,10H2,1-2H3,(H,24,28)/b7-6-,23-15?. The third-order valence-corrected chi connectivity index (χ3v) is 4.57. The molecular weight excluding hydrogens is 394 g/mol. The highest BCUT2D eigenvalue weighted by molar-refractivity contribution is 7.85. The van der Waals surface area contributed by atoms with Crippen molar-refractivity contribution in [3.8, 4) is 22.6 Å². The number of allylic oxidation sites excluding steroid dienone is 1. The minimum Gasteiger partial charge on any atom is -0.337 e. The smallest absolute Gasteiger partial charge is 0.279 e. The Balaban J connectivity index is 1.83. The first kappa shape index (κ1) is 20.7. The highest BCUT2D eigenvalue weighted by Crippen LogP contribution is 2.23. The van der Waals surface area contributed by atoms with E-state index < -0.39 is 12.1 Å². The van der Waals surface area contributed by atoms with E-state index in [0.717, 1.165) is 22.9 Å². The summed E-state index contributed by atoms with van der Waals surface area (Å²) in [4.78, 5) is 15.8. The number of nitrogens with one attached hydrogen (secondary N) is 2. The summed E-state index contributed by atoms with van der Waals surface area (Å²) in [6, 6.07) is 9.88. The van der Waals surface area contributed by atoms with E-state index in [9.17, 15) is 8.78 Å². The van der Waals surface area contributed by atoms with E-state index in [4.69, 9.17) is 5.41 Å². The van der Waals surface area contributed by atoms with Crippen LogP contribution in [0, 0.1) is 5.41 Å². The van der Waals surface area contributed by atoms with Crippen LogP contribution in [-0.4, -0.2) is 44.6 Å². The van der Waals surface area contributed by atoms with Crippen LogP contribution in [0.25, 0.3) is 28.7 Å². The highest BCUT2D eigenvalue weighted by Gasteiger charge is 2.09. The average Bonchev–Trinajstić information content (AvgIpc) is 3.20. The first-order valence-corrected chi connectivity index (χ1v) is 10.7. The minimum absolute atomic E-state index is 0.0268. The Morgan fingerprint density at radius 1 is 1.21 bits per heavy atom. The molecule has 0 unspecified atom stereocenters. The zero-order valence-corrected chi connectivity index (χ0v) is 16.8. The van der Waals surface area contributed by atoms with Gasteiger partial charge >= 0.3 is 0 Å². The van der Waals surface area contributed by atoms with E-state index in [-0.39, 0.29) is 10.7 Å². The molecule has 0 amide bonds. The summed E-state index contributed by atoms with van der Waals surface area (Å²) < 4.78 is 29.3. The van der Waals surface area contributed by atoms with Gasteiger partial charge in [0.2, 0.25) is 0 Å². The van der Waals surface area contributed by atoms with E-state index in [0.29, 0.717) is 23.8 Å². The molecule has 29 heavy (non-hydrogen) atoms. The van der Waals surface area contributed by atoms with Crippen LogP contribution < -0.4 is 0 Å². The summed E-state index contributed by atoms with van der Waals surface area (Å²) in [7, 11) is 0.0268. The number of imidazole rings is 1. The Morgan fingerprint density at radius 3 is 2.76 bits per heavy atom. The quantitative estimate of drug-likeness (QED) is 0.562. The molecule has 9 heteroatoms. The van der Waals surface area contributed by atoms with Crippen LogP contribution in [0.1, 0.15) is 11.4 Å². The molecule has 0 atom stereocenters. The molecule has 0 spiro atoms. The van der Waals surface area contributed by atoms with Gasteiger partial charge < -0.3 is 4.98 Å². The van der Waals surface area contributed by atoms with Crippen LogP contribution in [0.5, 0.6) is 0 Å². The third-order valence-electron chi connectivity index (χ3n) is 3.92. The molecule has 2 heterocycles. The van der Waals surface area contributed by atoms with Crippen molar-refractivity contribution in [3.05, 3.63) is 60.3 Å². The lowest BCUT2D eigenvalue weighted by atomic mass is 10.1. The van der Waals surface area contributed by atoms with Crippen LogP contribution in [-0.2, 0) is 17.2 Å². The summed E-state index contributed by atoms with van der Waals surface area (Å²) in [5.74, 6) is 0.365. The number of rotatable bonds is 7. The largest absolute Gasteiger partial charge is 0.337 e. The van der Waals surface area contributed by atoms with Gasteiger partial charge in [-0.1, -0.05) is 18.2 Å². The van der Waals surface area contributed by atoms with Crippen molar-refractivity contribution in [2.45, 2.75) is 13.0 Å². The monoisotopic (exact) mass is 414 g/mol. The molecule has 0 saturated carbocycles. The summed E-state index contributed by atoms with van der Waals surface area (Å²) in [6.45, 7) is 0.658. The predicted molar refractivity (Wildman–Crippen MR) is 113 cm³/mol. The number of aromatic amines is 1. The van der Waals surface area contributed by atoms with Gasteiger partial charge in [-0.25, -0.2) is 23.7 Å². The molecule has 150 valence electrons. The second kappa shape index (κ2) is 9.42. The molecule has 2 aromatic heterocycles. The van der Waals surface area contributed by atoms with Gasteiger partial charge in [0.05, 0.1) is 35.5 Å². The molecule has 0 fully saturated rings. The summed E-state index contributed by atoms with van der Waals surface area (Å²) >= 11 is 0. The van der Waals surface area contributed by atoms with Crippen molar-refractivity contribution in [3.63, 3.8) is 0 Å². The maximum Gasteiger partial charge on any atom is 0.279 e. The number of H-pyrrole nitrogens is 1. The summed E-state index contributed by atoms with van der Waals surface area (Å²) in [5, 5.41) is 7.15. The van der Waals surface area contributed by atoms with Crippen molar-refractivity contribution in [1.29, 1.82) is 5.41 Å². The summed E-state index contributed by atoms with van der Waals surface area (Å²) in [5.41, 5.74) is 3.32. The van der Waals surface area contributed by atoms with Crippen LogP contribution in [0.4, 0.5) is 8.78 Å². The van der Waals surface area contributed by atoms with Gasteiger partial charge in [-0.05, 0) is 42.4 Å². The fourth-order valence-corrected chi connectivity index (χ4v) is 2.90. The van der Waals surface area contributed by atoms with E-state index in [2.05, 4.69) is 42.9 Å². The highest BCUT2D eigenvalue weighted by atomic mass is 32.2. The molecule has 3 aromatic rings. The second-order valence-electron chi connectivity index (χ2n) is 6.32. The Bertz CT molecular complexity index is 1070. The number of hydrogen-bond donors (Lipinski definition) is 2. The maximum atomic E-state index is 12.4. The lowest BCUT2D eigenvalue weighted by molar-refractivity contribution is 0.226. The molecule has 6 nitrogen and oxygen atoms in total. The number of benzene rings is 1. The van der Waals surface area contributed by atoms with Crippen LogP contribution in [0.3, 0.4) is 0 Å². The minimum atomic E-state index is -2.81. The first-order chi connectivity index (χ1) is 13.9. The zero-order chi connectivity index (χ0) is 20.8. The fourth-order valence-electron chi connectivity index (χ4n) is 2.49. The van der Waals surface area contributed by atoms with Crippen LogP contribution >= 0.6 is 0 Å². The number of alkyl halides is 2. The van der Waals surface area contributed by atoms with Crippen molar-refractivity contribution < 1.29 is 8.78 Å². The number of aromatic nitrogens is 4. The average molecular weight is 414 g/mol. The Morgan fingerprint density at radius 2 is 2.00 bits per heavy atom. The molecule has 2 N–H and O–H groups in total. The van der Waals surface area contributed by atoms with Crippen molar-refractivity contribution in [2.24, 2.45) is 4.36 Å². The van der Waals surface area contributed by atoms with Crippen molar-refractivity contribution in [2.75, 3.05) is 12.5 Å². The van der Waals surface area contributed by atoms with E-state index in [1.165, 1.54) is 12.4 Å². The lowest BCUT2D eigenvalue weighted by Gasteiger charge is -2.05. The second-order valence-corrected chi connectivity index (χ2v) is 8.13. The Kier molecular flexibility index (Phi) is 6.71. The van der Waals surface area contributed by atoms with Gasteiger partial charge in [-0.3, -0.25) is 9.77 Å². The first-order valence-electron chi connectivity index (χ1n) is 8.69. The van der Waals surface area contributed by atoms with Crippen LogP contribution in [0.2, 0.25) is 0 Å². The van der Waals surface area contributed by atoms with Gasteiger partial charge in [0.15, 0.2) is 0 Å². The Hall–Kier alpha value is -3.07. The molecule has 0 aliphatic rings. The maximum absolute atomic E-state index is 12.4. The molecule has 0 radical (unpaired) electrons. The number of halogens is 2. The van der Waals surface area contributed by atoms with Gasteiger partial charge in [-0.15, -0.1) is 10.7 Å². The van der Waals surface area contributed by atoms with Gasteiger partial charge in [0.25, 0.3) is 6.43 Å². The fraction of sp³-hybridized carbons (Fsp3) is 0.200. The number of hydrogen-bond acceptors (Lipinski definition) is 5. The molecule has 1 aromatic carbocycles. The molecule has 0 aliphatic heterocycles. The molecule has 0 saturated heterocycles. The third kappa shape index (κ3) is 5.71. The molecule has 3 rings (SSSR count). The van der Waals surface area contributed by atoms with Gasteiger partial charge in [0, 0.05) is 5.56 Å². The van der Waals surface area contributed by atoms with Gasteiger partial charge in [-0.2, -0.15) is 0 Å². The number of nitrogens with zero attached hydrogens (tertiary/aromatic N) is 4. The van der Waals surface area contributed by atoms with Crippen molar-refractivity contribution in [1.82, 2.24) is 19.9 Å². The molecule has 0 aliphatic carbocycles. The van der Waals surface area contributed by atoms with Crippen molar-refractivity contribution >= 4 is 22.5 Å². The van der Waals surface area contributed by atoms with Gasteiger partial charge in [0.1, 0.15) is 12.2 Å². The predicted octanol–water partition coefficient (Wildman–Crippen LogP) is 4.39. The van der Waals surface area contributed by atoms with Crippen LogP contribution in [0.15, 0.2) is 53.3 Å². The van der Waals surface area contributed by atoms with E-state index >= 15 is 0 Å². The molecular formula is C20H20F2N6S. The van der Waals surface area contributed by atoms with E-state index in [1.54, 1.807) is 6.20 Å². The summed E-state index contributed by atoms with van der Waals surface area (Å²) in [6.07, 6.45) is 6.73. The topological polar surface area (TPSA) is 90.7 Å². The molecule has 0 bridgehead atoms.